The largest absolute Gasteiger partial charge is 0.409 e. The van der Waals surface area contributed by atoms with Crippen LogP contribution >= 0.6 is 0 Å². The van der Waals surface area contributed by atoms with Crippen molar-refractivity contribution in [3.8, 4) is 0 Å². The molecule has 1 aromatic rings. The van der Waals surface area contributed by atoms with E-state index in [9.17, 15) is 8.78 Å². The molecule has 8 heteroatoms. The van der Waals surface area contributed by atoms with Crippen LogP contribution in [0.1, 0.15) is 11.3 Å². The van der Waals surface area contributed by atoms with Crippen molar-refractivity contribution in [2.75, 3.05) is 24.6 Å². The minimum atomic E-state index is -2.59. The van der Waals surface area contributed by atoms with Gasteiger partial charge in [-0.05, 0) is 19.1 Å². The summed E-state index contributed by atoms with van der Waals surface area (Å²) in [6, 6.07) is 3.15. The molecule has 4 N–H and O–H groups in total. The van der Waals surface area contributed by atoms with Gasteiger partial charge in [-0.3, -0.25) is 0 Å². The summed E-state index contributed by atoms with van der Waals surface area (Å²) in [5, 5.41) is 20.5. The molecule has 0 radical (unpaired) electrons. The SMILES string of the molecule is Cc1ccc(/C(N)=N/O)c(N(CCO)CC(F)F)n1. The monoisotopic (exact) mass is 274 g/mol. The zero-order valence-corrected chi connectivity index (χ0v) is 10.4. The van der Waals surface area contributed by atoms with Gasteiger partial charge >= 0.3 is 0 Å². The summed E-state index contributed by atoms with van der Waals surface area (Å²) in [5.74, 6) is -0.0654. The smallest absolute Gasteiger partial charge is 0.255 e. The molecule has 0 amide bonds. The highest BCUT2D eigenvalue weighted by molar-refractivity contribution is 6.01. The van der Waals surface area contributed by atoms with Crippen LogP contribution in [-0.4, -0.2) is 47.3 Å². The predicted octanol–water partition coefficient (Wildman–Crippen LogP) is 0.548. The molecule has 106 valence electrons. The molecule has 0 aliphatic carbocycles. The molecule has 0 bridgehead atoms. The third-order valence-corrected chi connectivity index (χ3v) is 2.43. The fourth-order valence-corrected chi connectivity index (χ4v) is 1.61. The number of halogens is 2. The fraction of sp³-hybridized carbons (Fsp3) is 0.455. The number of hydrogen-bond donors (Lipinski definition) is 3. The Hall–Kier alpha value is -1.96. The maximum absolute atomic E-state index is 12.5. The first-order valence-electron chi connectivity index (χ1n) is 5.59. The second-order valence-corrected chi connectivity index (χ2v) is 3.87. The van der Waals surface area contributed by atoms with Crippen molar-refractivity contribution in [2.24, 2.45) is 10.9 Å². The van der Waals surface area contributed by atoms with Crippen molar-refractivity contribution in [3.05, 3.63) is 23.4 Å². The van der Waals surface area contributed by atoms with Crippen molar-refractivity contribution in [3.63, 3.8) is 0 Å². The summed E-state index contributed by atoms with van der Waals surface area (Å²) in [6.45, 7) is 0.770. The van der Waals surface area contributed by atoms with Gasteiger partial charge in [0.1, 0.15) is 5.82 Å². The maximum Gasteiger partial charge on any atom is 0.255 e. The van der Waals surface area contributed by atoms with E-state index < -0.39 is 13.0 Å². The van der Waals surface area contributed by atoms with E-state index in [1.165, 1.54) is 11.0 Å². The average Bonchev–Trinajstić information content (AvgIpc) is 2.36. The van der Waals surface area contributed by atoms with E-state index in [2.05, 4.69) is 10.1 Å². The van der Waals surface area contributed by atoms with Crippen LogP contribution in [0.5, 0.6) is 0 Å². The molecule has 0 spiro atoms. The zero-order valence-electron chi connectivity index (χ0n) is 10.4. The summed E-state index contributed by atoms with van der Waals surface area (Å²) < 4.78 is 25.1. The molecule has 0 aliphatic rings. The number of nitrogens with zero attached hydrogens (tertiary/aromatic N) is 3. The molecule has 1 aromatic heterocycles. The highest BCUT2D eigenvalue weighted by atomic mass is 19.3. The Balaban J connectivity index is 3.22. The summed E-state index contributed by atoms with van der Waals surface area (Å²) >= 11 is 0. The third-order valence-electron chi connectivity index (χ3n) is 2.43. The lowest BCUT2D eigenvalue weighted by atomic mass is 10.2. The van der Waals surface area contributed by atoms with Gasteiger partial charge in [-0.1, -0.05) is 5.16 Å². The molecular formula is C11H16F2N4O2. The minimum absolute atomic E-state index is 0.0213. The first kappa shape index (κ1) is 15.1. The van der Waals surface area contributed by atoms with E-state index >= 15 is 0 Å². The van der Waals surface area contributed by atoms with E-state index in [1.807, 2.05) is 0 Å². The van der Waals surface area contributed by atoms with Crippen molar-refractivity contribution in [1.29, 1.82) is 0 Å². The van der Waals surface area contributed by atoms with Gasteiger partial charge in [-0.25, -0.2) is 13.8 Å². The number of alkyl halides is 2. The van der Waals surface area contributed by atoms with Gasteiger partial charge < -0.3 is 20.9 Å². The quantitative estimate of drug-likeness (QED) is 0.305. The topological polar surface area (TPSA) is 95.0 Å². The Kier molecular flexibility index (Phi) is 5.43. The number of aliphatic hydroxyl groups excluding tert-OH is 1. The Morgan fingerprint density at radius 1 is 1.53 bits per heavy atom. The van der Waals surface area contributed by atoms with Crippen LogP contribution in [0.15, 0.2) is 17.3 Å². The standard InChI is InChI=1S/C11H16F2N4O2/c1-7-2-3-8(10(14)16-19)11(15-7)17(4-5-18)6-9(12)13/h2-3,9,18-19H,4-6H2,1H3,(H2,14,16). The Bertz CT molecular complexity index is 454. The van der Waals surface area contributed by atoms with Gasteiger partial charge in [0, 0.05) is 12.2 Å². The number of rotatable bonds is 6. The molecular weight excluding hydrogens is 258 g/mol. The average molecular weight is 274 g/mol. The third kappa shape index (κ3) is 4.02. The van der Waals surface area contributed by atoms with Crippen molar-refractivity contribution in [2.45, 2.75) is 13.3 Å². The van der Waals surface area contributed by atoms with E-state index in [4.69, 9.17) is 16.0 Å². The number of pyridine rings is 1. The molecule has 0 atom stereocenters. The number of amidine groups is 1. The summed E-state index contributed by atoms with van der Waals surface area (Å²) in [7, 11) is 0. The number of nitrogens with two attached hydrogens (primary N) is 1. The van der Waals surface area contributed by atoms with E-state index in [1.54, 1.807) is 13.0 Å². The Morgan fingerprint density at radius 3 is 2.74 bits per heavy atom. The zero-order chi connectivity index (χ0) is 14.4. The Morgan fingerprint density at radius 2 is 2.21 bits per heavy atom. The second kappa shape index (κ2) is 6.83. The maximum atomic E-state index is 12.5. The minimum Gasteiger partial charge on any atom is -0.409 e. The van der Waals surface area contributed by atoms with E-state index in [0.717, 1.165) is 0 Å². The van der Waals surface area contributed by atoms with Crippen molar-refractivity contribution >= 4 is 11.7 Å². The highest BCUT2D eigenvalue weighted by Gasteiger charge is 2.19. The predicted molar refractivity (Wildman–Crippen MR) is 66.8 cm³/mol. The molecule has 0 unspecified atom stereocenters. The molecule has 19 heavy (non-hydrogen) atoms. The number of oxime groups is 1. The number of aliphatic hydroxyl groups is 1. The van der Waals surface area contributed by atoms with Crippen LogP contribution in [0.3, 0.4) is 0 Å². The van der Waals surface area contributed by atoms with Crippen LogP contribution in [0.2, 0.25) is 0 Å². The van der Waals surface area contributed by atoms with Crippen LogP contribution in [0, 0.1) is 6.92 Å². The van der Waals surface area contributed by atoms with Crippen LogP contribution in [0.25, 0.3) is 0 Å². The number of anilines is 1. The van der Waals surface area contributed by atoms with Crippen LogP contribution in [-0.2, 0) is 0 Å². The van der Waals surface area contributed by atoms with Crippen molar-refractivity contribution in [1.82, 2.24) is 4.98 Å². The first-order chi connectivity index (χ1) is 8.99. The van der Waals surface area contributed by atoms with Gasteiger partial charge in [0.15, 0.2) is 5.84 Å². The number of aromatic nitrogens is 1. The summed E-state index contributed by atoms with van der Waals surface area (Å²) in [6.07, 6.45) is -2.59. The van der Waals surface area contributed by atoms with Gasteiger partial charge in [0.2, 0.25) is 0 Å². The van der Waals surface area contributed by atoms with E-state index in [0.29, 0.717) is 5.69 Å². The number of aryl methyl sites for hydroxylation is 1. The molecule has 6 nitrogen and oxygen atoms in total. The van der Waals surface area contributed by atoms with Gasteiger partial charge in [0.25, 0.3) is 6.43 Å². The lowest BCUT2D eigenvalue weighted by molar-refractivity contribution is 0.152. The second-order valence-electron chi connectivity index (χ2n) is 3.87. The molecule has 0 saturated carbocycles. The molecule has 0 saturated heterocycles. The van der Waals surface area contributed by atoms with Crippen molar-refractivity contribution < 1.29 is 19.1 Å². The molecule has 0 aliphatic heterocycles. The molecule has 1 rings (SSSR count). The first-order valence-corrected chi connectivity index (χ1v) is 5.59. The van der Waals surface area contributed by atoms with Crippen LogP contribution < -0.4 is 10.6 Å². The molecule has 0 fully saturated rings. The van der Waals surface area contributed by atoms with E-state index in [-0.39, 0.29) is 30.4 Å². The summed E-state index contributed by atoms with van der Waals surface area (Å²) in [4.78, 5) is 5.32. The molecule has 1 heterocycles. The van der Waals surface area contributed by atoms with Gasteiger partial charge in [-0.15, -0.1) is 0 Å². The number of hydrogen-bond acceptors (Lipinski definition) is 5. The van der Waals surface area contributed by atoms with Gasteiger partial charge in [0.05, 0.1) is 18.7 Å². The Labute approximate surface area is 109 Å². The summed E-state index contributed by atoms with van der Waals surface area (Å²) in [5.41, 5.74) is 6.33. The lowest BCUT2D eigenvalue weighted by Crippen LogP contribution is -2.34. The fourth-order valence-electron chi connectivity index (χ4n) is 1.61. The van der Waals surface area contributed by atoms with Gasteiger partial charge in [-0.2, -0.15) is 0 Å². The lowest BCUT2D eigenvalue weighted by Gasteiger charge is -2.24. The van der Waals surface area contributed by atoms with Crippen LogP contribution in [0.4, 0.5) is 14.6 Å². The highest BCUT2D eigenvalue weighted by Crippen LogP contribution is 2.19. The normalized spacial score (nSPS) is 11.9. The molecule has 0 aromatic carbocycles.